The monoisotopic (exact) mass is 460 g/mol. The van der Waals surface area contributed by atoms with E-state index in [-0.39, 0.29) is 5.41 Å². The third-order valence-electron chi connectivity index (χ3n) is 5.47. The van der Waals surface area contributed by atoms with Crippen LogP contribution in [-0.4, -0.2) is 0 Å². The van der Waals surface area contributed by atoms with E-state index in [1.54, 1.807) is 0 Å². The molecule has 0 spiro atoms. The van der Waals surface area contributed by atoms with Crippen molar-refractivity contribution < 1.29 is 0 Å². The van der Waals surface area contributed by atoms with Gasteiger partial charge in [0.25, 0.3) is 0 Å². The lowest BCUT2D eigenvalue weighted by Crippen LogP contribution is -2.29. The molecule has 0 N–H and O–H groups in total. The molecule has 1 aliphatic carbocycles. The van der Waals surface area contributed by atoms with Gasteiger partial charge < -0.3 is 0 Å². The second kappa shape index (κ2) is 7.32. The van der Waals surface area contributed by atoms with Gasteiger partial charge in [-0.05, 0) is 69.0 Å². The van der Waals surface area contributed by atoms with Gasteiger partial charge in [0.1, 0.15) is 0 Å². The number of allylic oxidation sites excluding steroid dienone is 5. The second-order valence-electron chi connectivity index (χ2n) is 6.78. The highest BCUT2D eigenvalue weighted by Gasteiger charge is 2.45. The van der Waals surface area contributed by atoms with Crippen LogP contribution in [0.4, 0.5) is 0 Å². The lowest BCUT2D eigenvalue weighted by molar-refractivity contribution is 0.743. The third-order valence-corrected chi connectivity index (χ3v) is 6.36. The Morgan fingerprint density at radius 1 is 0.815 bits per heavy atom. The largest absolute Gasteiger partial charge is 0.0991 e. The molecule has 132 valence electrons. The molecule has 0 saturated heterocycles. The number of halogens is 1. The maximum Gasteiger partial charge on any atom is 0.0674 e. The molecule has 3 aromatic carbocycles. The van der Waals surface area contributed by atoms with Gasteiger partial charge in [-0.1, -0.05) is 97.6 Å². The maximum atomic E-state index is 3.87. The second-order valence-corrected chi connectivity index (χ2v) is 7.94. The fourth-order valence-corrected chi connectivity index (χ4v) is 5.15. The van der Waals surface area contributed by atoms with E-state index in [0.29, 0.717) is 0 Å². The summed E-state index contributed by atoms with van der Waals surface area (Å²) in [6.07, 6.45) is 6.09. The number of rotatable bonds is 4. The Kier molecular flexibility index (Phi) is 4.88. The van der Waals surface area contributed by atoms with E-state index in [1.807, 2.05) is 12.2 Å². The van der Waals surface area contributed by atoms with E-state index in [9.17, 15) is 0 Å². The molecular formula is C26H21I. The van der Waals surface area contributed by atoms with Crippen molar-refractivity contribution in [3.8, 4) is 0 Å². The molecule has 0 saturated carbocycles. The SMILES string of the molecule is C=C/C=C\C1=C(C)C(c2ccccc2)(c2ccccc2)c2cccc(I)c21. The average Bonchev–Trinajstić information content (AvgIpc) is 2.97. The molecule has 0 nitrogen and oxygen atoms in total. The number of fused-ring (bicyclic) bond motifs is 1. The summed E-state index contributed by atoms with van der Waals surface area (Å²) in [5.74, 6) is 0. The summed E-state index contributed by atoms with van der Waals surface area (Å²) < 4.78 is 1.28. The van der Waals surface area contributed by atoms with Crippen LogP contribution in [0.1, 0.15) is 29.2 Å². The smallest absolute Gasteiger partial charge is 0.0674 e. The Bertz CT molecular complexity index is 1000. The van der Waals surface area contributed by atoms with Crippen molar-refractivity contribution in [2.75, 3.05) is 0 Å². The van der Waals surface area contributed by atoms with Gasteiger partial charge in [0.15, 0.2) is 0 Å². The minimum absolute atomic E-state index is 0.278. The first kappa shape index (κ1) is 18.0. The fraction of sp³-hybridized carbons (Fsp3) is 0.0769. The van der Waals surface area contributed by atoms with E-state index in [2.05, 4.69) is 121 Å². The summed E-state index contributed by atoms with van der Waals surface area (Å²) in [6, 6.07) is 28.4. The standard InChI is InChI=1S/C26H21I/c1-3-4-16-22-19(2)26(20-12-7-5-8-13-20,21-14-9-6-10-15-21)23-17-11-18-24(27)25(22)23/h3-18H,1H2,2H3/b16-4-. The highest BCUT2D eigenvalue weighted by Crippen LogP contribution is 2.55. The predicted molar refractivity (Wildman–Crippen MR) is 124 cm³/mol. The van der Waals surface area contributed by atoms with E-state index >= 15 is 0 Å². The van der Waals surface area contributed by atoms with Gasteiger partial charge in [-0.25, -0.2) is 0 Å². The summed E-state index contributed by atoms with van der Waals surface area (Å²) in [7, 11) is 0. The van der Waals surface area contributed by atoms with Crippen LogP contribution in [0.2, 0.25) is 0 Å². The molecule has 27 heavy (non-hydrogen) atoms. The van der Waals surface area contributed by atoms with Crippen LogP contribution in [-0.2, 0) is 5.41 Å². The minimum atomic E-state index is -0.278. The van der Waals surface area contributed by atoms with Gasteiger partial charge >= 0.3 is 0 Å². The van der Waals surface area contributed by atoms with Crippen molar-refractivity contribution >= 4 is 28.2 Å². The van der Waals surface area contributed by atoms with Gasteiger partial charge in [-0.3, -0.25) is 0 Å². The topological polar surface area (TPSA) is 0 Å². The average molecular weight is 460 g/mol. The molecule has 0 fully saturated rings. The van der Waals surface area contributed by atoms with Crippen LogP contribution < -0.4 is 0 Å². The molecule has 3 aromatic rings. The molecule has 0 aromatic heterocycles. The zero-order chi connectivity index (χ0) is 18.9. The summed E-state index contributed by atoms with van der Waals surface area (Å²) in [6.45, 7) is 6.14. The minimum Gasteiger partial charge on any atom is -0.0991 e. The first-order chi connectivity index (χ1) is 13.2. The van der Waals surface area contributed by atoms with E-state index in [4.69, 9.17) is 0 Å². The number of hydrogen-bond acceptors (Lipinski definition) is 0. The first-order valence-electron chi connectivity index (χ1n) is 9.12. The molecule has 0 heterocycles. The normalized spacial score (nSPS) is 15.2. The van der Waals surface area contributed by atoms with Gasteiger partial charge in [0.05, 0.1) is 5.41 Å². The highest BCUT2D eigenvalue weighted by atomic mass is 127. The molecule has 0 amide bonds. The summed E-state index contributed by atoms with van der Waals surface area (Å²) in [4.78, 5) is 0. The molecule has 1 aliphatic rings. The first-order valence-corrected chi connectivity index (χ1v) is 10.2. The molecule has 0 atom stereocenters. The Balaban J connectivity index is 2.17. The predicted octanol–water partition coefficient (Wildman–Crippen LogP) is 7.15. The number of benzene rings is 3. The molecule has 0 radical (unpaired) electrons. The lowest BCUT2D eigenvalue weighted by Gasteiger charge is -2.34. The summed E-state index contributed by atoms with van der Waals surface area (Å²) in [5, 5.41) is 0. The van der Waals surface area contributed by atoms with Crippen molar-refractivity contribution in [3.63, 3.8) is 0 Å². The molecular weight excluding hydrogens is 439 g/mol. The van der Waals surface area contributed by atoms with Crippen LogP contribution in [0, 0.1) is 3.57 Å². The van der Waals surface area contributed by atoms with Crippen molar-refractivity contribution in [2.24, 2.45) is 0 Å². The zero-order valence-corrected chi connectivity index (χ0v) is 17.5. The van der Waals surface area contributed by atoms with Crippen molar-refractivity contribution in [3.05, 3.63) is 135 Å². The van der Waals surface area contributed by atoms with Gasteiger partial charge in [-0.15, -0.1) is 0 Å². The number of hydrogen-bond donors (Lipinski definition) is 0. The third kappa shape index (κ3) is 2.72. The van der Waals surface area contributed by atoms with E-state index in [0.717, 1.165) is 0 Å². The van der Waals surface area contributed by atoms with Crippen LogP contribution in [0.3, 0.4) is 0 Å². The molecule has 4 rings (SSSR count). The maximum absolute atomic E-state index is 3.87. The van der Waals surface area contributed by atoms with Crippen molar-refractivity contribution in [1.82, 2.24) is 0 Å². The van der Waals surface area contributed by atoms with Gasteiger partial charge in [0, 0.05) is 3.57 Å². The van der Waals surface area contributed by atoms with Crippen LogP contribution in [0.5, 0.6) is 0 Å². The Labute approximate surface area is 175 Å². The Morgan fingerprint density at radius 3 is 1.96 bits per heavy atom. The van der Waals surface area contributed by atoms with Crippen molar-refractivity contribution in [2.45, 2.75) is 12.3 Å². The van der Waals surface area contributed by atoms with Crippen LogP contribution in [0.25, 0.3) is 5.57 Å². The molecule has 0 bridgehead atoms. The summed E-state index contributed by atoms with van der Waals surface area (Å²) in [5.41, 5.74) is 7.67. The van der Waals surface area contributed by atoms with Crippen molar-refractivity contribution in [1.29, 1.82) is 0 Å². The molecule has 1 heteroatoms. The molecule has 0 aliphatic heterocycles. The van der Waals surface area contributed by atoms with Gasteiger partial charge in [-0.2, -0.15) is 0 Å². The Hall–Kier alpha value is -2.39. The zero-order valence-electron chi connectivity index (χ0n) is 15.3. The van der Waals surface area contributed by atoms with Crippen LogP contribution >= 0.6 is 22.6 Å². The van der Waals surface area contributed by atoms with Gasteiger partial charge in [0.2, 0.25) is 0 Å². The van der Waals surface area contributed by atoms with Crippen LogP contribution in [0.15, 0.2) is 109 Å². The lowest BCUT2D eigenvalue weighted by atomic mass is 9.67. The Morgan fingerprint density at radius 2 is 1.41 bits per heavy atom. The highest BCUT2D eigenvalue weighted by molar-refractivity contribution is 14.1. The quantitative estimate of drug-likeness (QED) is 0.286. The van der Waals surface area contributed by atoms with E-state index < -0.39 is 0 Å². The molecule has 0 unspecified atom stereocenters. The van der Waals surface area contributed by atoms with E-state index in [1.165, 1.54) is 37.0 Å². The fourth-order valence-electron chi connectivity index (χ4n) is 4.36. The summed E-state index contributed by atoms with van der Waals surface area (Å²) >= 11 is 2.46.